The Hall–Kier alpha value is -1.53. The second kappa shape index (κ2) is 6.95. The molecule has 0 saturated carbocycles. The second-order valence-corrected chi connectivity index (χ2v) is 5.40. The summed E-state index contributed by atoms with van der Waals surface area (Å²) in [6.45, 7) is 5.19. The minimum atomic E-state index is -0.860. The lowest BCUT2D eigenvalue weighted by molar-refractivity contribution is -0.133. The first-order valence-corrected chi connectivity index (χ1v) is 7.12. The molecule has 1 aromatic rings. The van der Waals surface area contributed by atoms with E-state index in [0.29, 0.717) is 18.7 Å². The van der Waals surface area contributed by atoms with Crippen LogP contribution in [-0.2, 0) is 4.79 Å². The van der Waals surface area contributed by atoms with Crippen molar-refractivity contribution in [1.29, 1.82) is 0 Å². The molecule has 1 amide bonds. The molecule has 1 saturated heterocycles. The van der Waals surface area contributed by atoms with E-state index in [9.17, 15) is 13.6 Å². The summed E-state index contributed by atoms with van der Waals surface area (Å²) < 4.78 is 26.2. The van der Waals surface area contributed by atoms with Crippen LogP contribution in [0.2, 0.25) is 0 Å². The van der Waals surface area contributed by atoms with Crippen molar-refractivity contribution in [2.45, 2.75) is 13.0 Å². The summed E-state index contributed by atoms with van der Waals surface area (Å²) in [4.78, 5) is 15.9. The van der Waals surface area contributed by atoms with Crippen molar-refractivity contribution in [3.8, 4) is 0 Å². The molecule has 21 heavy (non-hydrogen) atoms. The lowest BCUT2D eigenvalue weighted by Gasteiger charge is -2.31. The molecule has 1 N–H and O–H groups in total. The third kappa shape index (κ3) is 3.98. The third-order valence-corrected chi connectivity index (χ3v) is 3.94. The van der Waals surface area contributed by atoms with Crippen LogP contribution in [0.25, 0.3) is 0 Å². The molecule has 116 valence electrons. The fourth-order valence-corrected chi connectivity index (χ4v) is 2.39. The van der Waals surface area contributed by atoms with Gasteiger partial charge in [0.1, 0.15) is 0 Å². The summed E-state index contributed by atoms with van der Waals surface area (Å²) in [5.74, 6) is -1.65. The van der Waals surface area contributed by atoms with Crippen LogP contribution < -0.4 is 5.32 Å². The van der Waals surface area contributed by atoms with Crippen molar-refractivity contribution in [3.63, 3.8) is 0 Å². The molecule has 4 nitrogen and oxygen atoms in total. The van der Waals surface area contributed by atoms with Crippen LogP contribution in [0.15, 0.2) is 18.2 Å². The maximum absolute atomic E-state index is 13.3. The number of hydrogen-bond donors (Lipinski definition) is 1. The van der Waals surface area contributed by atoms with Crippen LogP contribution in [0.3, 0.4) is 0 Å². The summed E-state index contributed by atoms with van der Waals surface area (Å²) in [5, 5.41) is 3.20. The van der Waals surface area contributed by atoms with Crippen molar-refractivity contribution in [2.75, 3.05) is 39.8 Å². The first kappa shape index (κ1) is 15.9. The molecule has 1 unspecified atom stereocenters. The van der Waals surface area contributed by atoms with E-state index in [-0.39, 0.29) is 18.5 Å². The van der Waals surface area contributed by atoms with Gasteiger partial charge in [-0.25, -0.2) is 8.78 Å². The highest BCUT2D eigenvalue weighted by molar-refractivity contribution is 5.78. The Labute approximate surface area is 123 Å². The maximum Gasteiger partial charge on any atom is 0.236 e. The van der Waals surface area contributed by atoms with E-state index in [1.807, 2.05) is 23.8 Å². The molecule has 0 aliphatic carbocycles. The zero-order valence-corrected chi connectivity index (χ0v) is 12.4. The van der Waals surface area contributed by atoms with Gasteiger partial charge in [0.25, 0.3) is 0 Å². The minimum absolute atomic E-state index is 0.0634. The SMILES string of the molecule is CC(c1ccc(F)c(F)c1)N(C)CC(=O)N1CCNCC1. The number of hydrogen-bond acceptors (Lipinski definition) is 3. The van der Waals surface area contributed by atoms with Crippen LogP contribution in [0.5, 0.6) is 0 Å². The van der Waals surface area contributed by atoms with E-state index in [0.717, 1.165) is 19.2 Å². The quantitative estimate of drug-likeness (QED) is 0.912. The molecule has 0 radical (unpaired) electrons. The van der Waals surface area contributed by atoms with Crippen molar-refractivity contribution in [2.24, 2.45) is 0 Å². The number of nitrogens with one attached hydrogen (secondary N) is 1. The molecule has 1 atom stereocenters. The highest BCUT2D eigenvalue weighted by Crippen LogP contribution is 2.20. The minimum Gasteiger partial charge on any atom is -0.339 e. The highest BCUT2D eigenvalue weighted by atomic mass is 19.2. The van der Waals surface area contributed by atoms with Gasteiger partial charge < -0.3 is 10.2 Å². The Morgan fingerprint density at radius 1 is 1.33 bits per heavy atom. The Balaban J connectivity index is 1.96. The highest BCUT2D eigenvalue weighted by Gasteiger charge is 2.21. The van der Waals surface area contributed by atoms with E-state index < -0.39 is 11.6 Å². The van der Waals surface area contributed by atoms with Gasteiger partial charge in [-0.05, 0) is 31.7 Å². The van der Waals surface area contributed by atoms with E-state index in [2.05, 4.69) is 5.32 Å². The predicted molar refractivity (Wildman–Crippen MR) is 76.9 cm³/mol. The van der Waals surface area contributed by atoms with Gasteiger partial charge in [0, 0.05) is 32.2 Å². The molecule has 0 spiro atoms. The lowest BCUT2D eigenvalue weighted by atomic mass is 10.1. The van der Waals surface area contributed by atoms with Crippen LogP contribution in [0, 0.1) is 11.6 Å². The number of piperazine rings is 1. The molecule has 1 aliphatic heterocycles. The zero-order chi connectivity index (χ0) is 15.4. The third-order valence-electron chi connectivity index (χ3n) is 3.94. The number of benzene rings is 1. The van der Waals surface area contributed by atoms with E-state index >= 15 is 0 Å². The van der Waals surface area contributed by atoms with Gasteiger partial charge >= 0.3 is 0 Å². The van der Waals surface area contributed by atoms with Crippen LogP contribution >= 0.6 is 0 Å². The molecule has 0 aromatic heterocycles. The van der Waals surface area contributed by atoms with Crippen LogP contribution in [-0.4, -0.2) is 55.5 Å². The predicted octanol–water partition coefficient (Wildman–Crippen LogP) is 1.39. The Morgan fingerprint density at radius 2 is 2.00 bits per heavy atom. The number of rotatable bonds is 4. The monoisotopic (exact) mass is 297 g/mol. The average molecular weight is 297 g/mol. The van der Waals surface area contributed by atoms with Gasteiger partial charge in [0.05, 0.1) is 6.54 Å². The average Bonchev–Trinajstić information content (AvgIpc) is 2.50. The summed E-state index contributed by atoms with van der Waals surface area (Å²) in [6.07, 6.45) is 0. The van der Waals surface area contributed by atoms with Crippen molar-refractivity contribution in [1.82, 2.24) is 15.1 Å². The van der Waals surface area contributed by atoms with Gasteiger partial charge in [-0.15, -0.1) is 0 Å². The first-order chi connectivity index (χ1) is 9.99. The fourth-order valence-electron chi connectivity index (χ4n) is 2.39. The second-order valence-electron chi connectivity index (χ2n) is 5.40. The number of nitrogens with zero attached hydrogens (tertiary/aromatic N) is 2. The summed E-state index contributed by atoms with van der Waals surface area (Å²) in [7, 11) is 1.81. The standard InChI is InChI=1S/C15H21F2N3O/c1-11(12-3-4-13(16)14(17)9-12)19(2)10-15(21)20-7-5-18-6-8-20/h3-4,9,11,18H,5-8,10H2,1-2H3. The maximum atomic E-state index is 13.3. The number of amides is 1. The zero-order valence-electron chi connectivity index (χ0n) is 12.4. The molecule has 0 bridgehead atoms. The number of likely N-dealkylation sites (N-methyl/N-ethyl adjacent to an activating group) is 1. The summed E-state index contributed by atoms with van der Waals surface area (Å²) in [6, 6.07) is 3.69. The number of halogens is 2. The normalized spacial score (nSPS) is 17.1. The fraction of sp³-hybridized carbons (Fsp3) is 0.533. The van der Waals surface area contributed by atoms with Gasteiger partial charge in [0.2, 0.25) is 5.91 Å². The van der Waals surface area contributed by atoms with Crippen molar-refractivity contribution >= 4 is 5.91 Å². The first-order valence-electron chi connectivity index (χ1n) is 7.12. The van der Waals surface area contributed by atoms with E-state index in [1.165, 1.54) is 6.07 Å². The summed E-state index contributed by atoms with van der Waals surface area (Å²) in [5.41, 5.74) is 0.657. The molecule has 1 heterocycles. The number of carbonyl (C=O) groups excluding carboxylic acids is 1. The topological polar surface area (TPSA) is 35.6 Å². The van der Waals surface area contributed by atoms with Crippen LogP contribution in [0.4, 0.5) is 8.78 Å². The van der Waals surface area contributed by atoms with Gasteiger partial charge in [-0.1, -0.05) is 6.07 Å². The van der Waals surface area contributed by atoms with Gasteiger partial charge in [0.15, 0.2) is 11.6 Å². The molecular weight excluding hydrogens is 276 g/mol. The molecule has 2 rings (SSSR count). The van der Waals surface area contributed by atoms with Gasteiger partial charge in [-0.2, -0.15) is 0 Å². The Morgan fingerprint density at radius 3 is 2.62 bits per heavy atom. The largest absolute Gasteiger partial charge is 0.339 e. The number of carbonyl (C=O) groups is 1. The van der Waals surface area contributed by atoms with E-state index in [4.69, 9.17) is 0 Å². The molecule has 6 heteroatoms. The van der Waals surface area contributed by atoms with Crippen molar-refractivity contribution in [3.05, 3.63) is 35.4 Å². The summed E-state index contributed by atoms with van der Waals surface area (Å²) >= 11 is 0. The van der Waals surface area contributed by atoms with Crippen LogP contribution in [0.1, 0.15) is 18.5 Å². The Bertz CT molecular complexity index is 504. The van der Waals surface area contributed by atoms with E-state index in [1.54, 1.807) is 6.07 Å². The Kier molecular flexibility index (Phi) is 5.25. The smallest absolute Gasteiger partial charge is 0.236 e. The molecule has 1 fully saturated rings. The lowest BCUT2D eigenvalue weighted by Crippen LogP contribution is -2.49. The van der Waals surface area contributed by atoms with Gasteiger partial charge in [-0.3, -0.25) is 9.69 Å². The van der Waals surface area contributed by atoms with Crippen molar-refractivity contribution < 1.29 is 13.6 Å². The molecule has 1 aliphatic rings. The molecular formula is C15H21F2N3O. The molecule has 1 aromatic carbocycles.